The molecule has 1 aliphatic heterocycles. The maximum Gasteiger partial charge on any atom is 0.303 e. The van der Waals surface area contributed by atoms with Gasteiger partial charge in [-0.1, -0.05) is 0 Å². The SMILES string of the molecule is CC(C)(CCC(=O)O)N1CCCC1=O. The Labute approximate surface area is 83.9 Å². The summed E-state index contributed by atoms with van der Waals surface area (Å²) in [5.41, 5.74) is -0.314. The van der Waals surface area contributed by atoms with Crippen LogP contribution in [0.4, 0.5) is 0 Å². The fraction of sp³-hybridized carbons (Fsp3) is 0.800. The van der Waals surface area contributed by atoms with Gasteiger partial charge >= 0.3 is 5.97 Å². The molecule has 0 saturated carbocycles. The molecule has 0 aromatic heterocycles. The molecule has 1 heterocycles. The lowest BCUT2D eigenvalue weighted by atomic mass is 9.96. The molecule has 1 aliphatic rings. The zero-order chi connectivity index (χ0) is 10.8. The van der Waals surface area contributed by atoms with E-state index in [-0.39, 0.29) is 17.9 Å². The monoisotopic (exact) mass is 199 g/mol. The number of carboxylic acid groups (broad SMARTS) is 1. The number of amides is 1. The van der Waals surface area contributed by atoms with Gasteiger partial charge in [-0.3, -0.25) is 9.59 Å². The molecule has 0 atom stereocenters. The summed E-state index contributed by atoms with van der Waals surface area (Å²) in [4.78, 5) is 23.7. The molecule has 1 amide bonds. The van der Waals surface area contributed by atoms with Gasteiger partial charge in [0.2, 0.25) is 5.91 Å². The van der Waals surface area contributed by atoms with E-state index in [2.05, 4.69) is 0 Å². The Morgan fingerprint density at radius 1 is 1.57 bits per heavy atom. The average molecular weight is 199 g/mol. The van der Waals surface area contributed by atoms with E-state index >= 15 is 0 Å². The lowest BCUT2D eigenvalue weighted by Gasteiger charge is -2.35. The summed E-state index contributed by atoms with van der Waals surface area (Å²) in [5, 5.41) is 8.58. The van der Waals surface area contributed by atoms with Crippen LogP contribution >= 0.6 is 0 Å². The fourth-order valence-electron chi connectivity index (χ4n) is 1.84. The first-order chi connectivity index (χ1) is 6.43. The van der Waals surface area contributed by atoms with E-state index in [1.807, 2.05) is 13.8 Å². The minimum Gasteiger partial charge on any atom is -0.481 e. The first-order valence-corrected chi connectivity index (χ1v) is 4.96. The van der Waals surface area contributed by atoms with Crippen LogP contribution in [0.15, 0.2) is 0 Å². The van der Waals surface area contributed by atoms with Gasteiger partial charge in [0.25, 0.3) is 0 Å². The molecule has 4 heteroatoms. The highest BCUT2D eigenvalue weighted by Crippen LogP contribution is 2.26. The highest BCUT2D eigenvalue weighted by molar-refractivity contribution is 5.79. The van der Waals surface area contributed by atoms with Crippen LogP contribution in [0.25, 0.3) is 0 Å². The molecule has 0 unspecified atom stereocenters. The molecule has 4 nitrogen and oxygen atoms in total. The smallest absolute Gasteiger partial charge is 0.303 e. The Hall–Kier alpha value is -1.06. The summed E-state index contributed by atoms with van der Waals surface area (Å²) >= 11 is 0. The van der Waals surface area contributed by atoms with Gasteiger partial charge in [-0.15, -0.1) is 0 Å². The number of carboxylic acids is 1. The topological polar surface area (TPSA) is 57.6 Å². The average Bonchev–Trinajstić information content (AvgIpc) is 2.48. The Bertz CT molecular complexity index is 248. The van der Waals surface area contributed by atoms with E-state index in [0.717, 1.165) is 13.0 Å². The number of nitrogens with zero attached hydrogens (tertiary/aromatic N) is 1. The molecule has 14 heavy (non-hydrogen) atoms. The quantitative estimate of drug-likeness (QED) is 0.741. The maximum atomic E-state index is 11.4. The summed E-state index contributed by atoms with van der Waals surface area (Å²) in [7, 11) is 0. The van der Waals surface area contributed by atoms with Gasteiger partial charge in [-0.2, -0.15) is 0 Å². The van der Waals surface area contributed by atoms with Gasteiger partial charge < -0.3 is 10.0 Å². The van der Waals surface area contributed by atoms with Crippen molar-refractivity contribution in [3.8, 4) is 0 Å². The molecular formula is C10H17NO3. The van der Waals surface area contributed by atoms with E-state index in [9.17, 15) is 9.59 Å². The normalized spacial score (nSPS) is 17.6. The molecular weight excluding hydrogens is 182 g/mol. The Balaban J connectivity index is 2.54. The Morgan fingerprint density at radius 2 is 2.21 bits per heavy atom. The van der Waals surface area contributed by atoms with Gasteiger partial charge in [-0.25, -0.2) is 0 Å². The van der Waals surface area contributed by atoms with Crippen molar-refractivity contribution < 1.29 is 14.7 Å². The van der Waals surface area contributed by atoms with E-state index in [0.29, 0.717) is 12.8 Å². The predicted octanol–water partition coefficient (Wildman–Crippen LogP) is 1.25. The van der Waals surface area contributed by atoms with Crippen LogP contribution < -0.4 is 0 Å². The van der Waals surface area contributed by atoms with Crippen LogP contribution in [0.3, 0.4) is 0 Å². The van der Waals surface area contributed by atoms with Crippen LogP contribution in [0.5, 0.6) is 0 Å². The second-order valence-electron chi connectivity index (χ2n) is 4.36. The molecule has 1 saturated heterocycles. The van der Waals surface area contributed by atoms with Crippen molar-refractivity contribution in [1.29, 1.82) is 0 Å². The molecule has 0 aromatic carbocycles. The number of carbonyl (C=O) groups excluding carboxylic acids is 1. The highest BCUT2D eigenvalue weighted by Gasteiger charge is 2.33. The molecule has 1 fully saturated rings. The van der Waals surface area contributed by atoms with Crippen molar-refractivity contribution >= 4 is 11.9 Å². The van der Waals surface area contributed by atoms with E-state index in [1.165, 1.54) is 0 Å². The number of hydrogen-bond donors (Lipinski definition) is 1. The lowest BCUT2D eigenvalue weighted by Crippen LogP contribution is -2.44. The fourth-order valence-corrected chi connectivity index (χ4v) is 1.84. The van der Waals surface area contributed by atoms with Crippen molar-refractivity contribution in [1.82, 2.24) is 4.90 Å². The zero-order valence-electron chi connectivity index (χ0n) is 8.75. The summed E-state index contributed by atoms with van der Waals surface area (Å²) < 4.78 is 0. The van der Waals surface area contributed by atoms with Crippen molar-refractivity contribution in [2.24, 2.45) is 0 Å². The Kier molecular flexibility index (Phi) is 3.13. The predicted molar refractivity (Wildman–Crippen MR) is 51.9 cm³/mol. The molecule has 80 valence electrons. The number of rotatable bonds is 4. The van der Waals surface area contributed by atoms with Gasteiger partial charge in [0, 0.05) is 24.9 Å². The van der Waals surface area contributed by atoms with Crippen LogP contribution in [-0.4, -0.2) is 34.0 Å². The largest absolute Gasteiger partial charge is 0.481 e. The van der Waals surface area contributed by atoms with Crippen LogP contribution in [0.2, 0.25) is 0 Å². The third-order valence-electron chi connectivity index (χ3n) is 2.75. The van der Waals surface area contributed by atoms with E-state index in [4.69, 9.17) is 5.11 Å². The first-order valence-electron chi connectivity index (χ1n) is 4.96. The van der Waals surface area contributed by atoms with E-state index in [1.54, 1.807) is 4.90 Å². The second kappa shape index (κ2) is 3.98. The van der Waals surface area contributed by atoms with Crippen molar-refractivity contribution in [3.05, 3.63) is 0 Å². The zero-order valence-corrected chi connectivity index (χ0v) is 8.75. The molecule has 0 radical (unpaired) electrons. The van der Waals surface area contributed by atoms with Gasteiger partial charge in [0.15, 0.2) is 0 Å². The number of carbonyl (C=O) groups is 2. The highest BCUT2D eigenvalue weighted by atomic mass is 16.4. The number of aliphatic carboxylic acids is 1. The molecule has 0 aromatic rings. The summed E-state index contributed by atoms with van der Waals surface area (Å²) in [6.45, 7) is 4.63. The van der Waals surface area contributed by atoms with Crippen LogP contribution in [0.1, 0.15) is 39.5 Å². The minimum absolute atomic E-state index is 0.122. The second-order valence-corrected chi connectivity index (χ2v) is 4.36. The Morgan fingerprint density at radius 3 is 2.64 bits per heavy atom. The van der Waals surface area contributed by atoms with Gasteiger partial charge in [0.1, 0.15) is 0 Å². The van der Waals surface area contributed by atoms with E-state index < -0.39 is 5.97 Å². The molecule has 0 aliphatic carbocycles. The summed E-state index contributed by atoms with van der Waals surface area (Å²) in [6, 6.07) is 0. The van der Waals surface area contributed by atoms with Crippen LogP contribution in [-0.2, 0) is 9.59 Å². The van der Waals surface area contributed by atoms with Crippen molar-refractivity contribution in [3.63, 3.8) is 0 Å². The van der Waals surface area contributed by atoms with Crippen molar-refractivity contribution in [2.75, 3.05) is 6.54 Å². The van der Waals surface area contributed by atoms with Crippen LogP contribution in [0, 0.1) is 0 Å². The van der Waals surface area contributed by atoms with Crippen molar-refractivity contribution in [2.45, 2.75) is 45.1 Å². The van der Waals surface area contributed by atoms with Gasteiger partial charge in [-0.05, 0) is 26.7 Å². The molecule has 1 N–H and O–H groups in total. The maximum absolute atomic E-state index is 11.4. The molecule has 1 rings (SSSR count). The third-order valence-corrected chi connectivity index (χ3v) is 2.75. The molecule has 0 spiro atoms. The number of likely N-dealkylation sites (tertiary alicyclic amines) is 1. The standard InChI is InChI=1S/C10H17NO3/c1-10(2,6-5-9(13)14)11-7-3-4-8(11)12/h3-7H2,1-2H3,(H,13,14). The summed E-state index contributed by atoms with van der Waals surface area (Å²) in [5.74, 6) is -0.648. The number of hydrogen-bond acceptors (Lipinski definition) is 2. The summed E-state index contributed by atoms with van der Waals surface area (Å²) in [6.07, 6.45) is 2.15. The minimum atomic E-state index is -0.801. The first kappa shape index (κ1) is 11.0. The molecule has 0 bridgehead atoms. The van der Waals surface area contributed by atoms with Gasteiger partial charge in [0.05, 0.1) is 0 Å². The lowest BCUT2D eigenvalue weighted by molar-refractivity contribution is -0.139. The third kappa shape index (κ3) is 2.47.